The van der Waals surface area contributed by atoms with Crippen LogP contribution in [0.3, 0.4) is 0 Å². The van der Waals surface area contributed by atoms with Gasteiger partial charge < -0.3 is 41.0 Å². The van der Waals surface area contributed by atoms with E-state index in [1.165, 1.54) is 83.1 Å². The van der Waals surface area contributed by atoms with Crippen LogP contribution in [0.4, 0.5) is 114 Å². The zero-order valence-electron chi connectivity index (χ0n) is 81.6. The van der Waals surface area contributed by atoms with Crippen LogP contribution in [0, 0.1) is 23.7 Å². The highest BCUT2D eigenvalue weighted by molar-refractivity contribution is 5.97. The first-order valence-electron chi connectivity index (χ1n) is 46.5. The van der Waals surface area contributed by atoms with Gasteiger partial charge in [0.2, 0.25) is 29.7 Å². The number of halogens is 12. The van der Waals surface area contributed by atoms with Crippen molar-refractivity contribution < 1.29 is 76.0 Å². The second kappa shape index (κ2) is 42.9. The van der Waals surface area contributed by atoms with E-state index in [1.807, 2.05) is 48.5 Å². The number of nitrogens with zero attached hydrogens (tertiary/aromatic N) is 22. The highest BCUT2D eigenvalue weighted by Crippen LogP contribution is 2.48. The molecule has 1 aliphatic carbocycles. The van der Waals surface area contributed by atoms with E-state index in [0.717, 1.165) is 73.9 Å². The Labute approximate surface area is 811 Å². The number of alkyl halides is 12. The maximum absolute atomic E-state index is 13.1. The van der Waals surface area contributed by atoms with Crippen LogP contribution < -0.4 is 46.2 Å². The Morgan fingerprint density at radius 2 is 0.858 bits per heavy atom. The average Bonchev–Trinajstić information content (AvgIpc) is 1.65. The third-order valence-electron chi connectivity index (χ3n) is 24.3. The summed E-state index contributed by atoms with van der Waals surface area (Å²) in [6.45, 7) is 23.8. The quantitative estimate of drug-likeness (QED) is 0.0332. The van der Waals surface area contributed by atoms with E-state index in [4.69, 9.17) is 4.11 Å². The SMILES string of the molecule is C.CC(C)[C@H]1CCC(=O)N1c1ccnc(N[C@@H](C)c2ccc(-c3ccnc(C(F)(F)F)c3)cn2)n1.CC(C)[C@H]1CN(C)C(=O)N1c1ccnc(NC2(c3ccc(-c4ccnc(C(F)(F)F)c4)cn3)CC2)n1.[2H]C([2H])(C)N1C[C@H](C(C)C)N(c2ccnc(N[C@@H](C)c3cn(-c4ccc(C(F)(F)F)cc4)cn3)n2)C1=O.[2H]C1(C)NC(=O)N(c2ccnc(N[C@@H](C)c3ccc(-c4ccnc(C(F)(F)F)c4)cn3)n2)[C@H]1C(C)C. The Bertz CT molecular complexity index is 6500. The summed E-state index contributed by atoms with van der Waals surface area (Å²) in [7, 11) is 1.78. The number of rotatable bonds is 25. The lowest BCUT2D eigenvalue weighted by atomic mass is 9.98. The number of carbonyl (C=O) groups excluding carboxylic acids is 4. The van der Waals surface area contributed by atoms with Gasteiger partial charge in [-0.3, -0.25) is 54.3 Å². The molecule has 12 aromatic rings. The fourth-order valence-electron chi connectivity index (χ4n) is 16.5. The Hall–Kier alpha value is -14.7. The van der Waals surface area contributed by atoms with Crippen LogP contribution in [0.25, 0.3) is 39.1 Å². The fourth-order valence-corrected chi connectivity index (χ4v) is 16.5. The molecule has 5 N–H and O–H groups in total. The Morgan fingerprint density at radius 1 is 0.447 bits per heavy atom. The van der Waals surface area contributed by atoms with E-state index in [0.29, 0.717) is 110 Å². The van der Waals surface area contributed by atoms with Crippen LogP contribution in [0.15, 0.2) is 196 Å². The van der Waals surface area contributed by atoms with Crippen LogP contribution in [0.2, 0.25) is 0 Å². The van der Waals surface area contributed by atoms with Crippen molar-refractivity contribution in [1.82, 2.24) is 94.4 Å². The van der Waals surface area contributed by atoms with Crippen LogP contribution in [0.1, 0.15) is 191 Å². The van der Waals surface area contributed by atoms with E-state index in [1.54, 1.807) is 119 Å². The van der Waals surface area contributed by atoms with Gasteiger partial charge in [0, 0.05) is 138 Å². The molecule has 0 radical (unpaired) electrons. The van der Waals surface area contributed by atoms with Gasteiger partial charge in [0.15, 0.2) is 0 Å². The number of urea groups is 3. The number of benzene rings is 1. The molecule has 0 spiro atoms. The van der Waals surface area contributed by atoms with Crippen molar-refractivity contribution in [2.75, 3.05) is 67.5 Å². The molecule has 1 aromatic carbocycles. The Morgan fingerprint density at radius 3 is 1.27 bits per heavy atom. The van der Waals surface area contributed by atoms with Gasteiger partial charge in [0.1, 0.15) is 40.4 Å². The maximum atomic E-state index is 13.1. The van der Waals surface area contributed by atoms with Crippen molar-refractivity contribution >= 4 is 71.1 Å². The first-order valence-corrected chi connectivity index (χ1v) is 45.0. The van der Waals surface area contributed by atoms with Crippen molar-refractivity contribution in [1.29, 1.82) is 0 Å². The Balaban J connectivity index is 0.000000161. The predicted molar refractivity (Wildman–Crippen MR) is 509 cm³/mol. The standard InChI is InChI=1S/C25H26F3N7O.C24H26F3N7O.C24H28F3N7O.C24H25F3N6O.CH4/c1-15(2)18-14-34(3)23(36)35(18)21-7-11-30-22(32-21)33-24(8-9-24)19-5-4-17(13-31-19)16-6-10-29-20(12-16)25(26,27)28;1-13(2)21-15(4)32-23(35)34(21)20-8-10-29-22(33-20)31-14(3)18-6-5-17(12-30-18)16-7-9-28-19(11-16)24(25,26)27;1-5-32-13-20(15(2)3)34(23(32)35)21-10-11-28-22(31-21)30-16(4)19-12-33(14-29-19)18-8-6-17(7-9-18)24(25,26)27;1-14(2)19-6-7-22(34)33(19)21-9-11-29-23(32-21)31-15(3)18-5-4-17(13-30-18)16-8-10-28-20(12-16)24(25,26)27;/h4-7,10-13,15,18H,8-9,14H2,1-3H3,(H,30,32,33);5-15,21H,1-4H3,(H,32,35)(H,29,31,33);6-12,14-16,20H,5,13H2,1-4H3,(H,28,30,31);4-5,8-15,19H,6-7H2,1-3H3,(H,29,31,32);1H4/t18-;14-,15?,21-;16-,20+;15-,19+;/m1000./s1/i;15D;5D2;;. The fraction of sp³-hybridized carbons (Fsp3) is 0.398. The molecule has 0 bridgehead atoms. The zero-order valence-corrected chi connectivity index (χ0v) is 78.6. The molecule has 5 fully saturated rings. The number of amides is 7. The first kappa shape index (κ1) is 99.3. The highest BCUT2D eigenvalue weighted by Gasteiger charge is 2.48. The van der Waals surface area contributed by atoms with Crippen LogP contribution in [-0.2, 0) is 35.0 Å². The van der Waals surface area contributed by atoms with Crippen molar-refractivity contribution in [2.24, 2.45) is 23.7 Å². The minimum atomic E-state index is -4.53. The van der Waals surface area contributed by atoms with Crippen LogP contribution in [0.5, 0.6) is 0 Å². The molecule has 141 heavy (non-hydrogen) atoms. The number of imidazole rings is 1. The largest absolute Gasteiger partial charge is 0.433 e. The monoisotopic (exact) mass is 1960 g/mol. The molecule has 4 aliphatic heterocycles. The molecule has 4 saturated heterocycles. The second-order valence-electron chi connectivity index (χ2n) is 35.6. The van der Waals surface area contributed by atoms with Gasteiger partial charge in [-0.1, -0.05) is 81.0 Å². The third kappa shape index (κ3) is 24.4. The van der Waals surface area contributed by atoms with E-state index >= 15 is 0 Å². The number of hydrogen-bond donors (Lipinski definition) is 5. The molecular formula is C98H109F12N27O4. The topological polar surface area (TPSA) is 346 Å². The van der Waals surface area contributed by atoms with Crippen molar-refractivity contribution in [3.63, 3.8) is 0 Å². The molecule has 43 heteroatoms. The number of anilines is 8. The summed E-state index contributed by atoms with van der Waals surface area (Å²) in [4.78, 5) is 123. The van der Waals surface area contributed by atoms with Crippen molar-refractivity contribution in [2.45, 2.75) is 202 Å². The van der Waals surface area contributed by atoms with Gasteiger partial charge >= 0.3 is 42.8 Å². The first-order chi connectivity index (χ1) is 67.3. The van der Waals surface area contributed by atoms with Crippen LogP contribution in [-0.4, -0.2) is 170 Å². The number of pyridine rings is 6. The summed E-state index contributed by atoms with van der Waals surface area (Å²) < 4.78 is 182. The number of carbonyl (C=O) groups is 4. The molecular weight excluding hydrogens is 1850 g/mol. The van der Waals surface area contributed by atoms with Gasteiger partial charge in [-0.25, -0.2) is 39.3 Å². The summed E-state index contributed by atoms with van der Waals surface area (Å²) in [5.74, 6) is 3.80. The summed E-state index contributed by atoms with van der Waals surface area (Å²) in [5, 5.41) is 15.5. The van der Waals surface area contributed by atoms with Gasteiger partial charge in [-0.15, -0.1) is 0 Å². The predicted octanol–water partition coefficient (Wildman–Crippen LogP) is 21.1. The lowest BCUT2D eigenvalue weighted by molar-refractivity contribution is -0.141. The molecule has 8 atom stereocenters. The summed E-state index contributed by atoms with van der Waals surface area (Å²) in [5.41, 5.74) is 1.92. The Kier molecular flexibility index (Phi) is 30.2. The maximum Gasteiger partial charge on any atom is 0.433 e. The van der Waals surface area contributed by atoms with Crippen LogP contribution >= 0.6 is 0 Å². The van der Waals surface area contributed by atoms with E-state index in [-0.39, 0.29) is 91.8 Å². The average molecular weight is 1960 g/mol. The van der Waals surface area contributed by atoms with Crippen molar-refractivity contribution in [3.8, 4) is 39.1 Å². The normalized spacial score (nSPS) is 19.1. The molecule has 31 nitrogen and oxygen atoms in total. The number of likely N-dealkylation sites (N-methyl/N-ethyl adjacent to an activating group) is 2. The lowest BCUT2D eigenvalue weighted by Gasteiger charge is -2.27. The molecule has 11 aromatic heterocycles. The summed E-state index contributed by atoms with van der Waals surface area (Å²) in [6, 6.07) is 25.7. The smallest absolute Gasteiger partial charge is 0.346 e. The van der Waals surface area contributed by atoms with Gasteiger partial charge in [0.05, 0.1) is 77.8 Å². The highest BCUT2D eigenvalue weighted by atomic mass is 19.4. The van der Waals surface area contributed by atoms with Gasteiger partial charge in [-0.05, 0) is 197 Å². The summed E-state index contributed by atoms with van der Waals surface area (Å²) in [6.07, 6.45) is 2.45. The zero-order chi connectivity index (χ0) is 103. The lowest BCUT2D eigenvalue weighted by Crippen LogP contribution is -2.40. The minimum absolute atomic E-state index is 0. The third-order valence-corrected chi connectivity index (χ3v) is 24.3. The molecule has 1 unspecified atom stereocenters. The molecule has 744 valence electrons. The van der Waals surface area contributed by atoms with E-state index in [9.17, 15) is 71.9 Å². The van der Waals surface area contributed by atoms with Gasteiger partial charge in [-0.2, -0.15) is 72.6 Å². The van der Waals surface area contributed by atoms with E-state index < -0.39 is 83.5 Å². The summed E-state index contributed by atoms with van der Waals surface area (Å²) >= 11 is 0. The number of aromatic nitrogens is 16. The molecule has 15 heterocycles. The second-order valence-corrected chi connectivity index (χ2v) is 35.6. The van der Waals surface area contributed by atoms with Crippen molar-refractivity contribution in [3.05, 3.63) is 241 Å². The molecule has 5 aliphatic rings. The van der Waals surface area contributed by atoms with E-state index in [2.05, 4.69) is 129 Å². The number of hydrogen-bond acceptors (Lipinski definition) is 23. The molecule has 1 saturated carbocycles. The number of nitrogens with one attached hydrogen (secondary N) is 5. The molecule has 17 rings (SSSR count). The van der Waals surface area contributed by atoms with Gasteiger partial charge in [0.25, 0.3) is 0 Å². The minimum Gasteiger partial charge on any atom is -0.346 e. The molecule has 7 amide bonds.